The van der Waals surface area contributed by atoms with Crippen LogP contribution in [0, 0.1) is 0 Å². The number of hydrogen-bond donors (Lipinski definition) is 2. The van der Waals surface area contributed by atoms with E-state index in [9.17, 15) is 18.0 Å². The molecule has 0 aliphatic carbocycles. The van der Waals surface area contributed by atoms with Crippen molar-refractivity contribution in [3.63, 3.8) is 0 Å². The summed E-state index contributed by atoms with van der Waals surface area (Å²) in [6, 6.07) is 11.8. The van der Waals surface area contributed by atoms with Crippen LogP contribution in [0.4, 0.5) is 11.4 Å². The maximum Gasteiger partial charge on any atom is 0.253 e. The minimum atomic E-state index is -3.78. The second-order valence-corrected chi connectivity index (χ2v) is 8.93. The van der Waals surface area contributed by atoms with Crippen molar-refractivity contribution in [2.24, 2.45) is 0 Å². The van der Waals surface area contributed by atoms with Crippen LogP contribution in [0.5, 0.6) is 5.75 Å². The smallest absolute Gasteiger partial charge is 0.253 e. The molecule has 0 spiro atoms. The number of benzene rings is 2. The summed E-state index contributed by atoms with van der Waals surface area (Å²) in [7, 11) is -0.690. The van der Waals surface area contributed by atoms with Gasteiger partial charge in [0.05, 0.1) is 30.3 Å². The fourth-order valence-corrected chi connectivity index (χ4v) is 4.25. The van der Waals surface area contributed by atoms with Gasteiger partial charge in [-0.2, -0.15) is 0 Å². The predicted molar refractivity (Wildman–Crippen MR) is 124 cm³/mol. The average Bonchev–Trinajstić information content (AvgIpc) is 2.76. The summed E-state index contributed by atoms with van der Waals surface area (Å²) in [6.45, 7) is 2.42. The SMILES string of the molecule is COCCCNC(=O)c1ccccc1NC(=O)[C@H](C)N(c1ccc(OC)cc1)S(C)(=O)=O. The fraction of sp³-hybridized carbons (Fsp3) is 0.364. The largest absolute Gasteiger partial charge is 0.497 e. The van der Waals surface area contributed by atoms with Crippen molar-refractivity contribution < 1.29 is 27.5 Å². The number of nitrogens with zero attached hydrogens (tertiary/aromatic N) is 1. The number of rotatable bonds is 11. The van der Waals surface area contributed by atoms with Gasteiger partial charge in [-0.3, -0.25) is 13.9 Å². The molecule has 0 saturated carbocycles. The van der Waals surface area contributed by atoms with Gasteiger partial charge in [-0.1, -0.05) is 12.1 Å². The maximum absolute atomic E-state index is 13.0. The van der Waals surface area contributed by atoms with Crippen molar-refractivity contribution in [1.82, 2.24) is 5.32 Å². The fourth-order valence-electron chi connectivity index (χ4n) is 3.08. The molecule has 0 aliphatic rings. The molecule has 0 fully saturated rings. The first-order chi connectivity index (χ1) is 15.2. The summed E-state index contributed by atoms with van der Waals surface area (Å²) < 4.78 is 36.0. The number of ether oxygens (including phenoxy) is 2. The zero-order valence-electron chi connectivity index (χ0n) is 18.6. The van der Waals surface area contributed by atoms with Crippen molar-refractivity contribution in [3.8, 4) is 5.75 Å². The molecule has 2 aromatic carbocycles. The molecule has 2 N–H and O–H groups in total. The van der Waals surface area contributed by atoms with Gasteiger partial charge in [0, 0.05) is 20.3 Å². The molecule has 10 heteroatoms. The standard InChI is InChI=1S/C22H29N3O6S/c1-16(25(32(4,28)29)17-10-12-18(31-3)13-11-17)21(26)24-20-9-6-5-8-19(20)22(27)23-14-7-15-30-2/h5-6,8-13,16H,7,14-15H2,1-4H3,(H,23,27)(H,24,26)/t16-/m0/s1. The number of amides is 2. The number of methoxy groups -OCH3 is 2. The molecule has 0 aromatic heterocycles. The van der Waals surface area contributed by atoms with Gasteiger partial charge in [-0.25, -0.2) is 8.42 Å². The molecule has 32 heavy (non-hydrogen) atoms. The zero-order chi connectivity index (χ0) is 23.7. The lowest BCUT2D eigenvalue weighted by atomic mass is 10.1. The summed E-state index contributed by atoms with van der Waals surface area (Å²) in [6.07, 6.45) is 1.68. The van der Waals surface area contributed by atoms with Crippen molar-refractivity contribution in [2.75, 3.05) is 43.2 Å². The number of hydrogen-bond acceptors (Lipinski definition) is 6. The summed E-state index contributed by atoms with van der Waals surface area (Å²) >= 11 is 0. The molecule has 0 bridgehead atoms. The number of para-hydroxylation sites is 1. The molecular weight excluding hydrogens is 434 g/mol. The lowest BCUT2D eigenvalue weighted by molar-refractivity contribution is -0.116. The number of sulfonamides is 1. The zero-order valence-corrected chi connectivity index (χ0v) is 19.4. The predicted octanol–water partition coefficient (Wildman–Crippen LogP) is 2.25. The van der Waals surface area contributed by atoms with Crippen LogP contribution in [0.2, 0.25) is 0 Å². The monoisotopic (exact) mass is 463 g/mol. The summed E-state index contributed by atoms with van der Waals surface area (Å²) in [5.74, 6) is -0.365. The highest BCUT2D eigenvalue weighted by molar-refractivity contribution is 7.92. The van der Waals surface area contributed by atoms with Gasteiger partial charge in [-0.05, 0) is 49.7 Å². The third kappa shape index (κ3) is 6.69. The topological polar surface area (TPSA) is 114 Å². The molecule has 0 unspecified atom stereocenters. The van der Waals surface area contributed by atoms with E-state index < -0.39 is 22.0 Å². The van der Waals surface area contributed by atoms with E-state index >= 15 is 0 Å². The normalized spacial score (nSPS) is 12.0. The van der Waals surface area contributed by atoms with Gasteiger partial charge in [-0.15, -0.1) is 0 Å². The van der Waals surface area contributed by atoms with E-state index in [0.29, 0.717) is 31.0 Å². The van der Waals surface area contributed by atoms with Gasteiger partial charge in [0.25, 0.3) is 5.91 Å². The van der Waals surface area contributed by atoms with Gasteiger partial charge < -0.3 is 20.1 Å². The van der Waals surface area contributed by atoms with Crippen LogP contribution in [0.15, 0.2) is 48.5 Å². The van der Waals surface area contributed by atoms with E-state index in [1.54, 1.807) is 55.6 Å². The van der Waals surface area contributed by atoms with Crippen molar-refractivity contribution in [1.29, 1.82) is 0 Å². The van der Waals surface area contributed by atoms with Crippen molar-refractivity contribution >= 4 is 33.2 Å². The second-order valence-electron chi connectivity index (χ2n) is 7.07. The Morgan fingerprint density at radius 1 is 1.06 bits per heavy atom. The highest BCUT2D eigenvalue weighted by atomic mass is 32.2. The molecule has 0 aliphatic heterocycles. The molecular formula is C22H29N3O6S. The van der Waals surface area contributed by atoms with E-state index in [-0.39, 0.29) is 17.2 Å². The molecule has 174 valence electrons. The maximum atomic E-state index is 13.0. The minimum absolute atomic E-state index is 0.279. The quantitative estimate of drug-likeness (QED) is 0.494. The van der Waals surface area contributed by atoms with E-state index in [1.165, 1.54) is 14.0 Å². The summed E-state index contributed by atoms with van der Waals surface area (Å²) in [4.78, 5) is 25.5. The van der Waals surface area contributed by atoms with Crippen LogP contribution in [0.3, 0.4) is 0 Å². The molecule has 2 aromatic rings. The van der Waals surface area contributed by atoms with Gasteiger partial charge in [0.1, 0.15) is 11.8 Å². The molecule has 2 rings (SSSR count). The Hall–Kier alpha value is -3.11. The third-order valence-corrected chi connectivity index (χ3v) is 5.90. The van der Waals surface area contributed by atoms with Crippen molar-refractivity contribution in [2.45, 2.75) is 19.4 Å². The lowest BCUT2D eigenvalue weighted by Crippen LogP contribution is -2.45. The highest BCUT2D eigenvalue weighted by Crippen LogP contribution is 2.25. The molecule has 1 atom stereocenters. The van der Waals surface area contributed by atoms with Crippen LogP contribution >= 0.6 is 0 Å². The van der Waals surface area contributed by atoms with Crippen LogP contribution in [-0.4, -0.2) is 59.9 Å². The van der Waals surface area contributed by atoms with E-state index in [2.05, 4.69) is 10.6 Å². The Bertz CT molecular complexity index is 1020. The Labute approximate surface area is 188 Å². The number of carbonyl (C=O) groups excluding carboxylic acids is 2. The average molecular weight is 464 g/mol. The number of nitrogens with one attached hydrogen (secondary N) is 2. The Kier molecular flexibility index (Phi) is 9.03. The minimum Gasteiger partial charge on any atom is -0.497 e. The Morgan fingerprint density at radius 2 is 1.72 bits per heavy atom. The molecule has 0 saturated heterocycles. The first-order valence-electron chi connectivity index (χ1n) is 9.99. The number of carbonyl (C=O) groups is 2. The van der Waals surface area contributed by atoms with E-state index in [1.807, 2.05) is 0 Å². The van der Waals surface area contributed by atoms with Crippen LogP contribution in [0.25, 0.3) is 0 Å². The van der Waals surface area contributed by atoms with Gasteiger partial charge >= 0.3 is 0 Å². The van der Waals surface area contributed by atoms with E-state index in [4.69, 9.17) is 9.47 Å². The van der Waals surface area contributed by atoms with Crippen LogP contribution < -0.4 is 19.7 Å². The second kappa shape index (κ2) is 11.5. The molecule has 9 nitrogen and oxygen atoms in total. The molecule has 2 amide bonds. The molecule has 0 radical (unpaired) electrons. The summed E-state index contributed by atoms with van der Waals surface area (Å²) in [5.41, 5.74) is 0.887. The van der Waals surface area contributed by atoms with Crippen LogP contribution in [-0.2, 0) is 19.6 Å². The first-order valence-corrected chi connectivity index (χ1v) is 11.8. The van der Waals surface area contributed by atoms with E-state index in [0.717, 1.165) is 10.6 Å². The van der Waals surface area contributed by atoms with Crippen molar-refractivity contribution in [3.05, 3.63) is 54.1 Å². The lowest BCUT2D eigenvalue weighted by Gasteiger charge is -2.28. The van der Waals surface area contributed by atoms with Gasteiger partial charge in [0.15, 0.2) is 0 Å². The Morgan fingerprint density at radius 3 is 2.31 bits per heavy atom. The number of anilines is 2. The molecule has 0 heterocycles. The highest BCUT2D eigenvalue weighted by Gasteiger charge is 2.29. The summed E-state index contributed by atoms with van der Waals surface area (Å²) in [5, 5.41) is 5.45. The first kappa shape index (κ1) is 25.2. The van der Waals surface area contributed by atoms with Crippen LogP contribution in [0.1, 0.15) is 23.7 Å². The third-order valence-electron chi connectivity index (χ3n) is 4.66. The Balaban J connectivity index is 2.22. The van der Waals surface area contributed by atoms with Gasteiger partial charge in [0.2, 0.25) is 15.9 Å².